The first-order valence-corrected chi connectivity index (χ1v) is 1.86. The number of hydrogen-bond acceptors (Lipinski definition) is 4. The summed E-state index contributed by atoms with van der Waals surface area (Å²) in [6.07, 6.45) is 0.835. The van der Waals surface area contributed by atoms with Gasteiger partial charge in [0.05, 0.1) is 0 Å². The molecule has 0 aliphatic heterocycles. The predicted octanol–water partition coefficient (Wildman–Crippen LogP) is 0.0589. The van der Waals surface area contributed by atoms with Gasteiger partial charge in [-0.25, -0.2) is 4.79 Å². The summed E-state index contributed by atoms with van der Waals surface area (Å²) in [6, 6.07) is 1.55. The van der Waals surface area contributed by atoms with E-state index in [9.17, 15) is 4.79 Å². The maximum Gasteiger partial charge on any atom is 0.332 e. The summed E-state index contributed by atoms with van der Waals surface area (Å²) in [4.78, 5) is 13.9. The Morgan fingerprint density at radius 2 is 2.62 bits per heavy atom. The van der Waals surface area contributed by atoms with E-state index in [1.54, 1.807) is 6.07 Å². The minimum absolute atomic E-state index is 0.531. The van der Waals surface area contributed by atoms with E-state index in [0.717, 1.165) is 6.21 Å². The number of hydrogen-bond donors (Lipinski definition) is 0. The molecule has 4 heteroatoms. The Labute approximate surface area is 46.4 Å². The monoisotopic (exact) mass is 112 g/mol. The number of rotatable bonds is 1. The molecule has 0 rings (SSSR count). The molecular formula is C4H4N2O2. The van der Waals surface area contributed by atoms with Crippen LogP contribution in [0.2, 0.25) is 0 Å². The lowest BCUT2D eigenvalue weighted by molar-refractivity contribution is -0.140. The van der Waals surface area contributed by atoms with Gasteiger partial charge in [-0.2, -0.15) is 5.26 Å². The summed E-state index contributed by atoms with van der Waals surface area (Å²) < 4.78 is 0. The quantitative estimate of drug-likeness (QED) is 0.273. The minimum Gasteiger partial charge on any atom is -0.318 e. The van der Waals surface area contributed by atoms with Gasteiger partial charge in [0.2, 0.25) is 0 Å². The van der Waals surface area contributed by atoms with Gasteiger partial charge in [0.1, 0.15) is 12.3 Å². The lowest BCUT2D eigenvalue weighted by atomic mass is 10.8. The third-order valence-corrected chi connectivity index (χ3v) is 0.292. The van der Waals surface area contributed by atoms with Gasteiger partial charge in [0.15, 0.2) is 0 Å². The van der Waals surface area contributed by atoms with Crippen molar-refractivity contribution in [2.24, 2.45) is 5.16 Å². The van der Waals surface area contributed by atoms with E-state index in [4.69, 9.17) is 5.26 Å². The third kappa shape index (κ3) is 4.63. The summed E-state index contributed by atoms with van der Waals surface area (Å²) in [7, 11) is 0. The molecule has 0 aromatic carbocycles. The second-order valence-corrected chi connectivity index (χ2v) is 0.946. The van der Waals surface area contributed by atoms with Crippen LogP contribution in [-0.4, -0.2) is 12.2 Å². The van der Waals surface area contributed by atoms with Crippen molar-refractivity contribution in [1.29, 1.82) is 5.26 Å². The molecule has 0 atom stereocenters. The van der Waals surface area contributed by atoms with E-state index < -0.39 is 5.97 Å². The van der Waals surface area contributed by atoms with Crippen LogP contribution in [0.25, 0.3) is 0 Å². The molecule has 0 N–H and O–H groups in total. The molecule has 0 aliphatic carbocycles. The van der Waals surface area contributed by atoms with Crippen LogP contribution in [0.5, 0.6) is 0 Å². The van der Waals surface area contributed by atoms with Gasteiger partial charge in [0, 0.05) is 6.92 Å². The van der Waals surface area contributed by atoms with Crippen LogP contribution >= 0.6 is 0 Å². The molecule has 0 aliphatic rings. The van der Waals surface area contributed by atoms with Gasteiger partial charge in [-0.3, -0.25) is 0 Å². The van der Waals surface area contributed by atoms with Crippen molar-refractivity contribution in [3.63, 3.8) is 0 Å². The Bertz CT molecular complexity index is 145. The maximum absolute atomic E-state index is 9.87. The van der Waals surface area contributed by atoms with Gasteiger partial charge in [-0.15, -0.1) is 0 Å². The second kappa shape index (κ2) is 3.81. The van der Waals surface area contributed by atoms with E-state index in [0.29, 0.717) is 0 Å². The van der Waals surface area contributed by atoms with Gasteiger partial charge >= 0.3 is 5.97 Å². The molecule has 42 valence electrons. The smallest absolute Gasteiger partial charge is 0.318 e. The SMILES string of the molecule is CC(=O)ON=CC#N. The highest BCUT2D eigenvalue weighted by atomic mass is 16.7. The molecule has 0 aromatic heterocycles. The van der Waals surface area contributed by atoms with Crippen molar-refractivity contribution in [1.82, 2.24) is 0 Å². The predicted molar refractivity (Wildman–Crippen MR) is 25.9 cm³/mol. The van der Waals surface area contributed by atoms with E-state index in [-0.39, 0.29) is 0 Å². The van der Waals surface area contributed by atoms with Crippen LogP contribution in [-0.2, 0) is 9.63 Å². The lowest BCUT2D eigenvalue weighted by Crippen LogP contribution is -1.89. The molecule has 0 spiro atoms. The van der Waals surface area contributed by atoms with E-state index >= 15 is 0 Å². The first-order valence-electron chi connectivity index (χ1n) is 1.86. The molecule has 0 bridgehead atoms. The fraction of sp³-hybridized carbons (Fsp3) is 0.250. The molecule has 0 amide bonds. The van der Waals surface area contributed by atoms with Crippen LogP contribution < -0.4 is 0 Å². The number of carbonyl (C=O) groups is 1. The molecule has 0 radical (unpaired) electrons. The molecule has 4 nitrogen and oxygen atoms in total. The number of oxime groups is 1. The Kier molecular flexibility index (Phi) is 3.16. The normalized spacial score (nSPS) is 8.50. The topological polar surface area (TPSA) is 62.4 Å². The summed E-state index contributed by atoms with van der Waals surface area (Å²) in [5.41, 5.74) is 0. The van der Waals surface area contributed by atoms with E-state index in [1.165, 1.54) is 6.92 Å². The van der Waals surface area contributed by atoms with Crippen molar-refractivity contribution in [3.05, 3.63) is 0 Å². The highest BCUT2D eigenvalue weighted by Crippen LogP contribution is 1.72. The van der Waals surface area contributed by atoms with Crippen molar-refractivity contribution in [3.8, 4) is 6.07 Å². The average molecular weight is 112 g/mol. The molecule has 0 saturated carbocycles. The van der Waals surface area contributed by atoms with Gasteiger partial charge in [-0.1, -0.05) is 5.16 Å². The zero-order valence-corrected chi connectivity index (χ0v) is 4.29. The minimum atomic E-state index is -0.531. The third-order valence-electron chi connectivity index (χ3n) is 0.292. The molecule has 0 aromatic rings. The molecule has 0 fully saturated rings. The summed E-state index contributed by atoms with van der Waals surface area (Å²) >= 11 is 0. The van der Waals surface area contributed by atoms with Crippen LogP contribution in [0.4, 0.5) is 0 Å². The Hall–Kier alpha value is -1.37. The Balaban J connectivity index is 3.34. The number of nitrogens with zero attached hydrogens (tertiary/aromatic N) is 2. The summed E-state index contributed by atoms with van der Waals surface area (Å²) in [5.74, 6) is -0.531. The molecule has 0 unspecified atom stereocenters. The van der Waals surface area contributed by atoms with Crippen LogP contribution in [0, 0.1) is 11.3 Å². The molecule has 8 heavy (non-hydrogen) atoms. The molecule has 0 saturated heterocycles. The highest BCUT2D eigenvalue weighted by Gasteiger charge is 1.83. The van der Waals surface area contributed by atoms with Crippen molar-refractivity contribution < 1.29 is 9.63 Å². The van der Waals surface area contributed by atoms with E-state index in [2.05, 4.69) is 9.99 Å². The first-order chi connectivity index (χ1) is 3.77. The standard InChI is InChI=1S/C4H4N2O2/c1-4(7)8-6-3-2-5/h3H,1H3. The van der Waals surface area contributed by atoms with Crippen LogP contribution in [0.3, 0.4) is 0 Å². The highest BCUT2D eigenvalue weighted by molar-refractivity contribution is 5.75. The van der Waals surface area contributed by atoms with Crippen molar-refractivity contribution in [2.75, 3.05) is 0 Å². The van der Waals surface area contributed by atoms with Crippen LogP contribution in [0.15, 0.2) is 5.16 Å². The Morgan fingerprint density at radius 1 is 2.00 bits per heavy atom. The summed E-state index contributed by atoms with van der Waals surface area (Å²) in [5, 5.41) is 10.7. The fourth-order valence-electron chi connectivity index (χ4n) is 0.124. The Morgan fingerprint density at radius 3 is 3.00 bits per heavy atom. The zero-order valence-electron chi connectivity index (χ0n) is 4.29. The summed E-state index contributed by atoms with van der Waals surface area (Å²) in [6.45, 7) is 1.20. The van der Waals surface area contributed by atoms with Gasteiger partial charge in [-0.05, 0) is 0 Å². The first kappa shape index (κ1) is 6.63. The van der Waals surface area contributed by atoms with Crippen molar-refractivity contribution >= 4 is 12.2 Å². The molecular weight excluding hydrogens is 108 g/mol. The van der Waals surface area contributed by atoms with Crippen LogP contribution in [0.1, 0.15) is 6.92 Å². The molecule has 0 heterocycles. The zero-order chi connectivity index (χ0) is 6.41. The maximum atomic E-state index is 9.87. The average Bonchev–Trinajstić information content (AvgIpc) is 1.66. The van der Waals surface area contributed by atoms with Crippen molar-refractivity contribution in [2.45, 2.75) is 6.92 Å². The number of nitriles is 1. The lowest BCUT2D eigenvalue weighted by Gasteiger charge is -1.82. The number of carbonyl (C=O) groups excluding carboxylic acids is 1. The largest absolute Gasteiger partial charge is 0.332 e. The second-order valence-electron chi connectivity index (χ2n) is 0.946. The van der Waals surface area contributed by atoms with E-state index in [1.807, 2.05) is 0 Å². The van der Waals surface area contributed by atoms with Gasteiger partial charge in [0.25, 0.3) is 0 Å². The van der Waals surface area contributed by atoms with Gasteiger partial charge < -0.3 is 4.84 Å². The fourth-order valence-corrected chi connectivity index (χ4v) is 0.124.